The largest absolute Gasteiger partial charge is 0.497 e. The van der Waals surface area contributed by atoms with Crippen molar-refractivity contribution < 1.29 is 23.1 Å². The molecular weight excluding hydrogens is 354 g/mol. The summed E-state index contributed by atoms with van der Waals surface area (Å²) in [6, 6.07) is 13.1. The standard InChI is InChI=1S/C19H23NO5S/c1-14-7-9-18(10-8-14)26(23,24)20(13-19(21)22)15(2)11-16-5-4-6-17(12-16)25-3/h4-10,12,15H,11,13H2,1-3H3,(H,21,22). The van der Waals surface area contributed by atoms with E-state index < -0.39 is 28.6 Å². The summed E-state index contributed by atoms with van der Waals surface area (Å²) in [5, 5.41) is 9.21. The first-order chi connectivity index (χ1) is 12.2. The molecular formula is C19H23NO5S. The van der Waals surface area contributed by atoms with E-state index in [-0.39, 0.29) is 4.90 Å². The molecule has 6 nitrogen and oxygen atoms in total. The molecule has 7 heteroatoms. The molecule has 2 rings (SSSR count). The Labute approximate surface area is 154 Å². The Morgan fingerprint density at radius 1 is 1.19 bits per heavy atom. The van der Waals surface area contributed by atoms with E-state index in [1.165, 1.54) is 12.1 Å². The minimum atomic E-state index is -3.93. The molecule has 26 heavy (non-hydrogen) atoms. The Bertz CT molecular complexity index is 862. The number of hydrogen-bond donors (Lipinski definition) is 1. The molecule has 0 spiro atoms. The average molecular weight is 377 g/mol. The van der Waals surface area contributed by atoms with E-state index in [9.17, 15) is 18.3 Å². The highest BCUT2D eigenvalue weighted by atomic mass is 32.2. The fourth-order valence-electron chi connectivity index (χ4n) is 2.70. The van der Waals surface area contributed by atoms with E-state index >= 15 is 0 Å². The highest BCUT2D eigenvalue weighted by Gasteiger charge is 2.31. The van der Waals surface area contributed by atoms with Crippen molar-refractivity contribution in [1.82, 2.24) is 4.31 Å². The van der Waals surface area contributed by atoms with Gasteiger partial charge < -0.3 is 9.84 Å². The lowest BCUT2D eigenvalue weighted by Crippen LogP contribution is -2.43. The van der Waals surface area contributed by atoms with E-state index in [1.54, 1.807) is 32.2 Å². The highest BCUT2D eigenvalue weighted by molar-refractivity contribution is 7.89. The van der Waals surface area contributed by atoms with Crippen LogP contribution in [0.5, 0.6) is 5.75 Å². The highest BCUT2D eigenvalue weighted by Crippen LogP contribution is 2.22. The van der Waals surface area contributed by atoms with E-state index in [0.29, 0.717) is 12.2 Å². The van der Waals surface area contributed by atoms with Crippen LogP contribution in [0, 0.1) is 6.92 Å². The Hall–Kier alpha value is -2.38. The minimum absolute atomic E-state index is 0.0850. The summed E-state index contributed by atoms with van der Waals surface area (Å²) in [7, 11) is -2.37. The summed E-state index contributed by atoms with van der Waals surface area (Å²) < 4.78 is 32.2. The van der Waals surface area contributed by atoms with Crippen LogP contribution in [0.4, 0.5) is 0 Å². The zero-order valence-electron chi connectivity index (χ0n) is 15.0. The van der Waals surface area contributed by atoms with Gasteiger partial charge in [0.1, 0.15) is 12.3 Å². The Kier molecular flexibility index (Phi) is 6.39. The summed E-state index contributed by atoms with van der Waals surface area (Å²) >= 11 is 0. The first-order valence-electron chi connectivity index (χ1n) is 8.17. The maximum absolute atomic E-state index is 13.0. The van der Waals surface area contributed by atoms with Gasteiger partial charge in [0, 0.05) is 6.04 Å². The van der Waals surface area contributed by atoms with Gasteiger partial charge in [0.05, 0.1) is 12.0 Å². The van der Waals surface area contributed by atoms with Gasteiger partial charge in [-0.25, -0.2) is 8.42 Å². The molecule has 0 amide bonds. The molecule has 0 aromatic heterocycles. The van der Waals surface area contributed by atoms with Gasteiger partial charge in [-0.15, -0.1) is 0 Å². The topological polar surface area (TPSA) is 83.9 Å². The third kappa shape index (κ3) is 4.83. The van der Waals surface area contributed by atoms with Crippen LogP contribution in [0.25, 0.3) is 0 Å². The number of hydrogen-bond acceptors (Lipinski definition) is 4. The lowest BCUT2D eigenvalue weighted by Gasteiger charge is -2.27. The molecule has 0 radical (unpaired) electrons. The molecule has 1 unspecified atom stereocenters. The number of methoxy groups -OCH3 is 1. The van der Waals surface area contributed by atoms with E-state index in [2.05, 4.69) is 0 Å². The van der Waals surface area contributed by atoms with Gasteiger partial charge in [-0.2, -0.15) is 4.31 Å². The predicted molar refractivity (Wildman–Crippen MR) is 98.9 cm³/mol. The van der Waals surface area contributed by atoms with Gasteiger partial charge in [-0.3, -0.25) is 4.79 Å². The first kappa shape index (κ1) is 19.9. The van der Waals surface area contributed by atoms with Crippen molar-refractivity contribution in [2.24, 2.45) is 0 Å². The van der Waals surface area contributed by atoms with Crippen LogP contribution < -0.4 is 4.74 Å². The zero-order valence-corrected chi connectivity index (χ0v) is 15.9. The van der Waals surface area contributed by atoms with Crippen LogP contribution >= 0.6 is 0 Å². The lowest BCUT2D eigenvalue weighted by atomic mass is 10.1. The quantitative estimate of drug-likeness (QED) is 0.765. The number of carboxylic acids is 1. The summed E-state index contributed by atoms with van der Waals surface area (Å²) in [5.74, 6) is -0.529. The molecule has 0 fully saturated rings. The number of rotatable bonds is 8. The van der Waals surface area contributed by atoms with Gasteiger partial charge in [0.15, 0.2) is 0 Å². The lowest BCUT2D eigenvalue weighted by molar-refractivity contribution is -0.137. The predicted octanol–water partition coefficient (Wildman–Crippen LogP) is 2.71. The Morgan fingerprint density at radius 2 is 1.85 bits per heavy atom. The van der Waals surface area contributed by atoms with Gasteiger partial charge >= 0.3 is 5.97 Å². The average Bonchev–Trinajstić information content (AvgIpc) is 2.60. The number of sulfonamides is 1. The molecule has 0 heterocycles. The molecule has 0 aliphatic heterocycles. The monoisotopic (exact) mass is 377 g/mol. The van der Waals surface area contributed by atoms with Crippen LogP contribution in [0.1, 0.15) is 18.1 Å². The number of carboxylic acid groups (broad SMARTS) is 1. The maximum atomic E-state index is 13.0. The van der Waals surface area contributed by atoms with Crippen molar-refractivity contribution in [2.75, 3.05) is 13.7 Å². The Morgan fingerprint density at radius 3 is 2.42 bits per heavy atom. The van der Waals surface area contributed by atoms with Crippen molar-refractivity contribution in [3.8, 4) is 5.75 Å². The van der Waals surface area contributed by atoms with Crippen molar-refractivity contribution in [1.29, 1.82) is 0 Å². The maximum Gasteiger partial charge on any atom is 0.318 e. The summed E-state index contributed by atoms with van der Waals surface area (Å²) in [5.41, 5.74) is 1.80. The van der Waals surface area contributed by atoms with Gasteiger partial charge in [-0.05, 0) is 50.1 Å². The van der Waals surface area contributed by atoms with Crippen LogP contribution in [0.15, 0.2) is 53.4 Å². The van der Waals surface area contributed by atoms with Crippen LogP contribution in [-0.4, -0.2) is 43.5 Å². The van der Waals surface area contributed by atoms with E-state index in [1.807, 2.05) is 25.1 Å². The minimum Gasteiger partial charge on any atom is -0.497 e. The van der Waals surface area contributed by atoms with Gasteiger partial charge in [-0.1, -0.05) is 29.8 Å². The molecule has 1 N–H and O–H groups in total. The van der Waals surface area contributed by atoms with Gasteiger partial charge in [0.2, 0.25) is 10.0 Å². The fraction of sp³-hybridized carbons (Fsp3) is 0.316. The van der Waals surface area contributed by atoms with Crippen LogP contribution in [0.2, 0.25) is 0 Å². The number of benzene rings is 2. The number of carbonyl (C=O) groups is 1. The molecule has 2 aromatic rings. The third-order valence-corrected chi connectivity index (χ3v) is 6.05. The van der Waals surface area contributed by atoms with Crippen LogP contribution in [0.3, 0.4) is 0 Å². The number of ether oxygens (including phenoxy) is 1. The first-order valence-corrected chi connectivity index (χ1v) is 9.61. The molecule has 0 saturated carbocycles. The molecule has 0 bridgehead atoms. The normalized spacial score (nSPS) is 12.8. The van der Waals surface area contributed by atoms with E-state index in [4.69, 9.17) is 4.74 Å². The third-order valence-electron chi connectivity index (χ3n) is 4.08. The zero-order chi connectivity index (χ0) is 19.3. The number of aryl methyl sites for hydroxylation is 1. The van der Waals surface area contributed by atoms with Gasteiger partial charge in [0.25, 0.3) is 0 Å². The molecule has 2 aromatic carbocycles. The fourth-order valence-corrected chi connectivity index (χ4v) is 4.28. The second-order valence-corrected chi connectivity index (χ2v) is 8.05. The number of nitrogens with zero attached hydrogens (tertiary/aromatic N) is 1. The van der Waals surface area contributed by atoms with Crippen molar-refractivity contribution >= 4 is 16.0 Å². The SMILES string of the molecule is COc1cccc(CC(C)N(CC(=O)O)S(=O)(=O)c2ccc(C)cc2)c1. The Balaban J connectivity index is 2.33. The van der Waals surface area contributed by atoms with Crippen LogP contribution in [-0.2, 0) is 21.2 Å². The van der Waals surface area contributed by atoms with Crippen molar-refractivity contribution in [3.05, 3.63) is 59.7 Å². The summed E-state index contributed by atoms with van der Waals surface area (Å²) in [4.78, 5) is 11.4. The molecule has 0 aliphatic carbocycles. The van der Waals surface area contributed by atoms with Crippen molar-refractivity contribution in [3.63, 3.8) is 0 Å². The summed E-state index contributed by atoms with van der Waals surface area (Å²) in [6.07, 6.45) is 0.371. The second-order valence-electron chi connectivity index (χ2n) is 6.16. The molecule has 1 atom stereocenters. The van der Waals surface area contributed by atoms with Crippen molar-refractivity contribution in [2.45, 2.75) is 31.2 Å². The van der Waals surface area contributed by atoms with E-state index in [0.717, 1.165) is 15.4 Å². The molecule has 140 valence electrons. The molecule has 0 aliphatic rings. The number of aliphatic carboxylic acids is 1. The smallest absolute Gasteiger partial charge is 0.318 e. The molecule has 0 saturated heterocycles. The second kappa shape index (κ2) is 8.33. The summed E-state index contributed by atoms with van der Waals surface area (Å²) in [6.45, 7) is 2.96.